The highest BCUT2D eigenvalue weighted by atomic mass is 16.4. The molecule has 112 valence electrons. The Bertz CT molecular complexity index is 679. The van der Waals surface area contributed by atoms with Gasteiger partial charge in [-0.1, -0.05) is 10.3 Å². The number of aromatic nitrogens is 2. The number of nitrogens with zero attached hydrogens (tertiary/aromatic N) is 4. The molecule has 0 aromatic carbocycles. The fourth-order valence-corrected chi connectivity index (χ4v) is 1.93. The summed E-state index contributed by atoms with van der Waals surface area (Å²) in [6, 6.07) is 7.52. The molecule has 0 aliphatic carbocycles. The predicted octanol–water partition coefficient (Wildman–Crippen LogP) is 1.13. The molecule has 0 saturated carbocycles. The van der Waals surface area contributed by atoms with Crippen molar-refractivity contribution in [1.29, 1.82) is 0 Å². The van der Waals surface area contributed by atoms with E-state index in [-0.39, 0.29) is 0 Å². The van der Waals surface area contributed by atoms with E-state index in [4.69, 9.17) is 10.4 Å². The Hall–Kier alpha value is -3.02. The fraction of sp³-hybridized carbons (Fsp3) is 0.125. The maximum absolute atomic E-state index is 8.53. The first-order valence-corrected chi connectivity index (χ1v) is 6.80. The van der Waals surface area contributed by atoms with Crippen molar-refractivity contribution in [2.24, 2.45) is 10.3 Å². The lowest BCUT2D eigenvalue weighted by Gasteiger charge is -1.94. The molecule has 0 bridgehead atoms. The highest BCUT2D eigenvalue weighted by Gasteiger charge is 2.00. The standard InChI is InChI=1S/C16H16N4O2/c21-17-12-15-5-10-19(11-6-15)7-1-2-8-20-9-3-4-16(14-20)13-18-22/h1-6,9-14H,7-8H2/p+2/b2-1-,18-13+. The second kappa shape index (κ2) is 8.31. The van der Waals surface area contributed by atoms with E-state index in [2.05, 4.69) is 22.5 Å². The van der Waals surface area contributed by atoms with Crippen LogP contribution in [0.25, 0.3) is 0 Å². The molecule has 2 heterocycles. The Kier molecular flexibility index (Phi) is 5.80. The van der Waals surface area contributed by atoms with Crippen LogP contribution in [0.15, 0.2) is 71.5 Å². The molecule has 6 nitrogen and oxygen atoms in total. The van der Waals surface area contributed by atoms with Crippen molar-refractivity contribution in [1.82, 2.24) is 0 Å². The van der Waals surface area contributed by atoms with Crippen LogP contribution in [-0.4, -0.2) is 22.8 Å². The average Bonchev–Trinajstić information content (AvgIpc) is 2.54. The van der Waals surface area contributed by atoms with Gasteiger partial charge in [-0.05, 0) is 18.2 Å². The van der Waals surface area contributed by atoms with Crippen molar-refractivity contribution in [3.63, 3.8) is 0 Å². The van der Waals surface area contributed by atoms with Crippen LogP contribution < -0.4 is 9.13 Å². The Morgan fingerprint density at radius 1 is 0.818 bits per heavy atom. The Labute approximate surface area is 128 Å². The molecule has 2 N–H and O–H groups in total. The summed E-state index contributed by atoms with van der Waals surface area (Å²) in [5.74, 6) is 0. The molecule has 6 heteroatoms. The van der Waals surface area contributed by atoms with E-state index in [1.54, 1.807) is 0 Å². The summed E-state index contributed by atoms with van der Waals surface area (Å²) in [4.78, 5) is 0. The molecule has 0 radical (unpaired) electrons. The summed E-state index contributed by atoms with van der Waals surface area (Å²) in [5, 5.41) is 23.0. The summed E-state index contributed by atoms with van der Waals surface area (Å²) < 4.78 is 4.02. The second-order valence-electron chi connectivity index (χ2n) is 4.62. The minimum absolute atomic E-state index is 0.739. The molecular formula is C16H18N4O2+2. The molecule has 2 aromatic rings. The predicted molar refractivity (Wildman–Crippen MR) is 81.2 cm³/mol. The van der Waals surface area contributed by atoms with E-state index in [0.29, 0.717) is 0 Å². The maximum Gasteiger partial charge on any atom is 0.178 e. The molecule has 0 saturated heterocycles. The zero-order valence-electron chi connectivity index (χ0n) is 12.0. The van der Waals surface area contributed by atoms with Crippen molar-refractivity contribution in [3.8, 4) is 0 Å². The van der Waals surface area contributed by atoms with Crippen LogP contribution >= 0.6 is 0 Å². The summed E-state index contributed by atoms with van der Waals surface area (Å²) in [6.45, 7) is 1.50. The zero-order valence-corrected chi connectivity index (χ0v) is 12.0. The van der Waals surface area contributed by atoms with E-state index >= 15 is 0 Å². The first-order chi connectivity index (χ1) is 10.8. The van der Waals surface area contributed by atoms with Gasteiger partial charge in [-0.15, -0.1) is 0 Å². The third kappa shape index (κ3) is 4.82. The first-order valence-electron chi connectivity index (χ1n) is 6.80. The Balaban J connectivity index is 1.88. The van der Waals surface area contributed by atoms with Crippen LogP contribution in [0.3, 0.4) is 0 Å². The lowest BCUT2D eigenvalue weighted by molar-refractivity contribution is -0.691. The summed E-state index contributed by atoms with van der Waals surface area (Å²) in [5.41, 5.74) is 1.69. The number of pyridine rings is 2. The summed E-state index contributed by atoms with van der Waals surface area (Å²) in [7, 11) is 0. The maximum atomic E-state index is 8.53. The van der Waals surface area contributed by atoms with Gasteiger partial charge in [0, 0.05) is 23.8 Å². The molecule has 0 amide bonds. The first kappa shape index (κ1) is 15.4. The van der Waals surface area contributed by atoms with E-state index in [1.165, 1.54) is 12.4 Å². The number of hydrogen-bond donors (Lipinski definition) is 2. The topological polar surface area (TPSA) is 72.9 Å². The lowest BCUT2D eigenvalue weighted by atomic mass is 10.3. The highest BCUT2D eigenvalue weighted by molar-refractivity contribution is 5.78. The van der Waals surface area contributed by atoms with E-state index in [9.17, 15) is 0 Å². The van der Waals surface area contributed by atoms with Gasteiger partial charge in [0.2, 0.25) is 0 Å². The molecule has 0 atom stereocenters. The SMILES string of the molecule is O/N=C/c1cc[n+](C/C=C\C[n+]2cccc(/C=N/O)c2)cc1. The average molecular weight is 298 g/mol. The summed E-state index contributed by atoms with van der Waals surface area (Å²) >= 11 is 0. The molecule has 0 aliphatic rings. The smallest absolute Gasteiger partial charge is 0.178 e. The van der Waals surface area contributed by atoms with Crippen LogP contribution in [0.1, 0.15) is 11.1 Å². The quantitative estimate of drug-likeness (QED) is 0.276. The van der Waals surface area contributed by atoms with Gasteiger partial charge in [-0.3, -0.25) is 0 Å². The van der Waals surface area contributed by atoms with Gasteiger partial charge in [0.15, 0.2) is 37.9 Å². The number of rotatable bonds is 6. The van der Waals surface area contributed by atoms with E-state index in [0.717, 1.165) is 24.2 Å². The van der Waals surface area contributed by atoms with Crippen LogP contribution in [0, 0.1) is 0 Å². The van der Waals surface area contributed by atoms with Gasteiger partial charge in [-0.2, -0.15) is 0 Å². The van der Waals surface area contributed by atoms with Gasteiger partial charge in [-0.25, -0.2) is 9.13 Å². The van der Waals surface area contributed by atoms with Crippen molar-refractivity contribution >= 4 is 12.4 Å². The van der Waals surface area contributed by atoms with Crippen molar-refractivity contribution < 1.29 is 19.5 Å². The molecule has 2 aromatic heterocycles. The largest absolute Gasteiger partial charge is 0.411 e. The Morgan fingerprint density at radius 2 is 1.45 bits per heavy atom. The van der Waals surface area contributed by atoms with Gasteiger partial charge in [0.25, 0.3) is 0 Å². The monoisotopic (exact) mass is 298 g/mol. The summed E-state index contributed by atoms with van der Waals surface area (Å²) in [6.07, 6.45) is 14.6. The molecule has 0 unspecified atom stereocenters. The molecular weight excluding hydrogens is 280 g/mol. The van der Waals surface area contributed by atoms with Crippen molar-refractivity contribution in [2.45, 2.75) is 13.1 Å². The lowest BCUT2D eigenvalue weighted by Crippen LogP contribution is -2.33. The van der Waals surface area contributed by atoms with Crippen LogP contribution in [-0.2, 0) is 13.1 Å². The van der Waals surface area contributed by atoms with Crippen LogP contribution in [0.2, 0.25) is 0 Å². The Morgan fingerprint density at radius 3 is 2.14 bits per heavy atom. The normalized spacial score (nSPS) is 11.8. The third-order valence-corrected chi connectivity index (χ3v) is 3.01. The van der Waals surface area contributed by atoms with Gasteiger partial charge >= 0.3 is 0 Å². The molecule has 0 fully saturated rings. The number of allylic oxidation sites excluding steroid dienone is 2. The minimum Gasteiger partial charge on any atom is -0.411 e. The van der Waals surface area contributed by atoms with Gasteiger partial charge < -0.3 is 10.4 Å². The number of oxime groups is 2. The second-order valence-corrected chi connectivity index (χ2v) is 4.62. The fourth-order valence-electron chi connectivity index (χ4n) is 1.93. The zero-order chi connectivity index (χ0) is 15.6. The minimum atomic E-state index is 0.739. The van der Waals surface area contributed by atoms with E-state index in [1.807, 2.05) is 58.2 Å². The van der Waals surface area contributed by atoms with Gasteiger partial charge in [0.1, 0.15) is 0 Å². The third-order valence-electron chi connectivity index (χ3n) is 3.01. The van der Waals surface area contributed by atoms with Crippen LogP contribution in [0.4, 0.5) is 0 Å². The molecule has 0 aliphatic heterocycles. The molecule has 2 rings (SSSR count). The van der Waals surface area contributed by atoms with Crippen LogP contribution in [0.5, 0.6) is 0 Å². The van der Waals surface area contributed by atoms with Gasteiger partial charge in [0.05, 0.1) is 18.0 Å². The number of hydrogen-bond acceptors (Lipinski definition) is 4. The van der Waals surface area contributed by atoms with Crippen molar-refractivity contribution in [3.05, 3.63) is 72.3 Å². The molecule has 0 spiro atoms. The highest BCUT2D eigenvalue weighted by Crippen LogP contribution is 1.91. The van der Waals surface area contributed by atoms with Crippen molar-refractivity contribution in [2.75, 3.05) is 0 Å². The van der Waals surface area contributed by atoms with E-state index < -0.39 is 0 Å². The molecule has 22 heavy (non-hydrogen) atoms.